The minimum atomic E-state index is -0.873. The first-order chi connectivity index (χ1) is 10.1. The number of aliphatic carboxylic acids is 1. The van der Waals surface area contributed by atoms with E-state index in [9.17, 15) is 9.59 Å². The number of nitrogens with zero attached hydrogens (tertiary/aromatic N) is 3. The molecule has 2 heterocycles. The van der Waals surface area contributed by atoms with Crippen LogP contribution < -0.4 is 0 Å². The zero-order valence-corrected chi connectivity index (χ0v) is 12.1. The van der Waals surface area contributed by atoms with Crippen molar-refractivity contribution in [3.63, 3.8) is 0 Å². The minimum Gasteiger partial charge on any atom is -0.481 e. The van der Waals surface area contributed by atoms with Crippen LogP contribution in [0.15, 0.2) is 12.4 Å². The lowest BCUT2D eigenvalue weighted by molar-refractivity contribution is -0.138. The third-order valence-corrected chi connectivity index (χ3v) is 3.41. The maximum Gasteiger partial charge on any atom is 0.305 e. The molecule has 8 heteroatoms. The van der Waals surface area contributed by atoms with Crippen molar-refractivity contribution in [2.45, 2.75) is 25.4 Å². The maximum absolute atomic E-state index is 12.2. The Kier molecular flexibility index (Phi) is 5.46. The molecular weight excluding hydrogens is 298 g/mol. The molecule has 0 aliphatic carbocycles. The molecule has 1 aromatic rings. The highest BCUT2D eigenvalue weighted by Crippen LogP contribution is 2.16. The van der Waals surface area contributed by atoms with E-state index in [1.807, 2.05) is 0 Å². The molecule has 0 aromatic carbocycles. The molecule has 0 bridgehead atoms. The summed E-state index contributed by atoms with van der Waals surface area (Å²) in [5, 5.41) is 8.74. The fourth-order valence-corrected chi connectivity index (χ4v) is 2.29. The Morgan fingerprint density at radius 1 is 1.38 bits per heavy atom. The van der Waals surface area contributed by atoms with E-state index < -0.39 is 5.97 Å². The smallest absolute Gasteiger partial charge is 0.305 e. The molecule has 2 rings (SSSR count). The van der Waals surface area contributed by atoms with Gasteiger partial charge in [-0.3, -0.25) is 14.6 Å². The molecule has 0 unspecified atom stereocenters. The standard InChI is InChI=1S/C13H16ClN3O4/c14-11-8-15-7-10(16-11)13(20)17-4-1-9(2-5-17)21-6-3-12(18)19/h7-9H,1-6H2,(H,18,19). The Balaban J connectivity index is 1.81. The third-order valence-electron chi connectivity index (χ3n) is 3.22. The van der Waals surface area contributed by atoms with E-state index in [1.54, 1.807) is 4.90 Å². The Hall–Kier alpha value is -1.73. The topological polar surface area (TPSA) is 92.6 Å². The number of amides is 1. The Labute approximate surface area is 126 Å². The molecule has 1 aromatic heterocycles. The molecule has 1 saturated heterocycles. The lowest BCUT2D eigenvalue weighted by Crippen LogP contribution is -2.41. The van der Waals surface area contributed by atoms with Crippen molar-refractivity contribution in [3.8, 4) is 0 Å². The normalized spacial score (nSPS) is 16.0. The average molecular weight is 314 g/mol. The number of carbonyl (C=O) groups excluding carboxylic acids is 1. The molecule has 1 fully saturated rings. The lowest BCUT2D eigenvalue weighted by atomic mass is 10.1. The first kappa shape index (κ1) is 15.7. The van der Waals surface area contributed by atoms with Crippen LogP contribution in [0.25, 0.3) is 0 Å². The lowest BCUT2D eigenvalue weighted by Gasteiger charge is -2.31. The number of piperidine rings is 1. The summed E-state index contributed by atoms with van der Waals surface area (Å²) in [5.41, 5.74) is 0.229. The molecule has 0 spiro atoms. The molecule has 7 nitrogen and oxygen atoms in total. The summed E-state index contributed by atoms with van der Waals surface area (Å²) < 4.78 is 5.48. The molecule has 114 valence electrons. The second kappa shape index (κ2) is 7.33. The van der Waals surface area contributed by atoms with Gasteiger partial charge < -0.3 is 14.7 Å². The molecular formula is C13H16ClN3O4. The fourth-order valence-electron chi connectivity index (χ4n) is 2.15. The average Bonchev–Trinajstić information content (AvgIpc) is 2.47. The van der Waals surface area contributed by atoms with E-state index in [0.29, 0.717) is 25.9 Å². The van der Waals surface area contributed by atoms with Crippen molar-refractivity contribution in [2.24, 2.45) is 0 Å². The van der Waals surface area contributed by atoms with Gasteiger partial charge in [-0.25, -0.2) is 4.98 Å². The van der Waals surface area contributed by atoms with Gasteiger partial charge in [0, 0.05) is 13.1 Å². The second-order valence-electron chi connectivity index (χ2n) is 4.73. The monoisotopic (exact) mass is 313 g/mol. The summed E-state index contributed by atoms with van der Waals surface area (Å²) >= 11 is 5.72. The molecule has 0 atom stereocenters. The Morgan fingerprint density at radius 3 is 2.71 bits per heavy atom. The van der Waals surface area contributed by atoms with Gasteiger partial charge in [-0.2, -0.15) is 0 Å². The van der Waals surface area contributed by atoms with E-state index in [2.05, 4.69) is 9.97 Å². The summed E-state index contributed by atoms with van der Waals surface area (Å²) in [5.74, 6) is -1.07. The Morgan fingerprint density at radius 2 is 2.10 bits per heavy atom. The van der Waals surface area contributed by atoms with Gasteiger partial charge in [-0.15, -0.1) is 0 Å². The molecule has 1 aliphatic heterocycles. The van der Waals surface area contributed by atoms with Gasteiger partial charge in [0.05, 0.1) is 31.5 Å². The van der Waals surface area contributed by atoms with E-state index in [0.717, 1.165) is 0 Å². The van der Waals surface area contributed by atoms with Crippen LogP contribution in [-0.4, -0.2) is 57.7 Å². The van der Waals surface area contributed by atoms with E-state index in [4.69, 9.17) is 21.4 Å². The van der Waals surface area contributed by atoms with Gasteiger partial charge in [-0.05, 0) is 12.8 Å². The maximum atomic E-state index is 12.2. The number of hydrogen-bond donors (Lipinski definition) is 1. The van der Waals surface area contributed by atoms with Gasteiger partial charge in [0.25, 0.3) is 5.91 Å². The quantitative estimate of drug-likeness (QED) is 0.878. The van der Waals surface area contributed by atoms with Gasteiger partial charge in [0.2, 0.25) is 0 Å². The highest BCUT2D eigenvalue weighted by Gasteiger charge is 2.25. The number of hydrogen-bond acceptors (Lipinski definition) is 5. The highest BCUT2D eigenvalue weighted by molar-refractivity contribution is 6.29. The summed E-state index contributed by atoms with van der Waals surface area (Å²) in [7, 11) is 0. The second-order valence-corrected chi connectivity index (χ2v) is 5.12. The number of carboxylic acids is 1. The number of aromatic nitrogens is 2. The van der Waals surface area contributed by atoms with Crippen LogP contribution in [0, 0.1) is 0 Å². The number of likely N-dealkylation sites (tertiary alicyclic amines) is 1. The zero-order valence-electron chi connectivity index (χ0n) is 11.4. The summed E-state index contributed by atoms with van der Waals surface area (Å²) in [6.07, 6.45) is 4.12. The molecule has 1 aliphatic rings. The Bertz CT molecular complexity index is 518. The van der Waals surface area contributed by atoms with Crippen molar-refractivity contribution >= 4 is 23.5 Å². The van der Waals surface area contributed by atoms with Crippen LogP contribution in [0.5, 0.6) is 0 Å². The van der Waals surface area contributed by atoms with Crippen LogP contribution in [0.2, 0.25) is 5.15 Å². The SMILES string of the molecule is O=C(O)CCOC1CCN(C(=O)c2cncc(Cl)n2)CC1. The number of carbonyl (C=O) groups is 2. The molecule has 0 saturated carbocycles. The highest BCUT2D eigenvalue weighted by atomic mass is 35.5. The first-order valence-corrected chi connectivity index (χ1v) is 7.04. The van der Waals surface area contributed by atoms with E-state index in [-0.39, 0.29) is 35.9 Å². The number of carboxylic acid groups (broad SMARTS) is 1. The first-order valence-electron chi connectivity index (χ1n) is 6.66. The fraction of sp³-hybridized carbons (Fsp3) is 0.538. The largest absolute Gasteiger partial charge is 0.481 e. The predicted molar refractivity (Wildman–Crippen MR) is 74.2 cm³/mol. The van der Waals surface area contributed by atoms with Gasteiger partial charge >= 0.3 is 5.97 Å². The number of halogens is 1. The van der Waals surface area contributed by atoms with Gasteiger partial charge in [0.15, 0.2) is 0 Å². The van der Waals surface area contributed by atoms with E-state index >= 15 is 0 Å². The molecule has 0 radical (unpaired) electrons. The zero-order chi connectivity index (χ0) is 15.2. The van der Waals surface area contributed by atoms with Crippen LogP contribution >= 0.6 is 11.6 Å². The van der Waals surface area contributed by atoms with Crippen molar-refractivity contribution in [1.29, 1.82) is 0 Å². The van der Waals surface area contributed by atoms with Crippen LogP contribution in [0.3, 0.4) is 0 Å². The minimum absolute atomic E-state index is 0.00107. The van der Waals surface area contributed by atoms with Crippen molar-refractivity contribution in [1.82, 2.24) is 14.9 Å². The van der Waals surface area contributed by atoms with Gasteiger partial charge in [0.1, 0.15) is 10.8 Å². The van der Waals surface area contributed by atoms with Crippen molar-refractivity contribution in [2.75, 3.05) is 19.7 Å². The third kappa shape index (κ3) is 4.64. The summed E-state index contributed by atoms with van der Waals surface area (Å²) in [6, 6.07) is 0. The molecule has 1 amide bonds. The van der Waals surface area contributed by atoms with Crippen LogP contribution in [0.4, 0.5) is 0 Å². The van der Waals surface area contributed by atoms with Crippen LogP contribution in [0.1, 0.15) is 29.8 Å². The predicted octanol–water partition coefficient (Wildman–Crippen LogP) is 1.23. The summed E-state index contributed by atoms with van der Waals surface area (Å²) in [6.45, 7) is 1.29. The number of ether oxygens (including phenoxy) is 1. The van der Waals surface area contributed by atoms with Crippen molar-refractivity contribution < 1.29 is 19.4 Å². The van der Waals surface area contributed by atoms with E-state index in [1.165, 1.54) is 12.4 Å². The van der Waals surface area contributed by atoms with Crippen LogP contribution in [-0.2, 0) is 9.53 Å². The van der Waals surface area contributed by atoms with Gasteiger partial charge in [-0.1, -0.05) is 11.6 Å². The molecule has 21 heavy (non-hydrogen) atoms. The summed E-state index contributed by atoms with van der Waals surface area (Å²) in [4.78, 5) is 32.1. The van der Waals surface area contributed by atoms with Crippen molar-refractivity contribution in [3.05, 3.63) is 23.2 Å². The number of rotatable bonds is 5. The molecule has 1 N–H and O–H groups in total.